The lowest BCUT2D eigenvalue weighted by atomic mass is 10.1. The van der Waals surface area contributed by atoms with E-state index >= 15 is 0 Å². The van der Waals surface area contributed by atoms with Gasteiger partial charge >= 0.3 is 0 Å². The van der Waals surface area contributed by atoms with Gasteiger partial charge in [-0.1, -0.05) is 42.5 Å². The average molecular weight is 330 g/mol. The van der Waals surface area contributed by atoms with E-state index in [0.29, 0.717) is 11.0 Å². The van der Waals surface area contributed by atoms with Gasteiger partial charge in [-0.15, -0.1) is 0 Å². The summed E-state index contributed by atoms with van der Waals surface area (Å²) in [4.78, 5) is 0. The molecular formula is C17H13BrFN. The molecule has 3 aromatic carbocycles. The van der Waals surface area contributed by atoms with Gasteiger partial charge < -0.3 is 5.32 Å². The molecule has 3 aromatic rings. The minimum absolute atomic E-state index is 0.234. The van der Waals surface area contributed by atoms with Gasteiger partial charge in [0.1, 0.15) is 5.82 Å². The predicted molar refractivity (Wildman–Crippen MR) is 85.4 cm³/mol. The number of nitrogens with one attached hydrogen (secondary N) is 1. The molecular weight excluding hydrogens is 317 g/mol. The lowest BCUT2D eigenvalue weighted by Gasteiger charge is -2.10. The molecule has 3 heteroatoms. The molecule has 1 N–H and O–H groups in total. The van der Waals surface area contributed by atoms with Crippen molar-refractivity contribution >= 4 is 32.4 Å². The van der Waals surface area contributed by atoms with Crippen molar-refractivity contribution in [2.24, 2.45) is 0 Å². The molecule has 0 heterocycles. The maximum atomic E-state index is 13.5. The number of hydrogen-bond acceptors (Lipinski definition) is 1. The molecule has 0 saturated heterocycles. The Labute approximate surface area is 125 Å². The van der Waals surface area contributed by atoms with E-state index in [4.69, 9.17) is 0 Å². The molecule has 0 radical (unpaired) electrons. The standard InChI is InChI=1S/C17H13BrFN/c18-15-9-8-12(10-16(15)19)11-20-17-7-3-5-13-4-1-2-6-14(13)17/h1-10,20H,11H2. The molecule has 0 saturated carbocycles. The Balaban J connectivity index is 1.85. The van der Waals surface area contributed by atoms with Crippen LogP contribution in [0.15, 0.2) is 65.1 Å². The summed E-state index contributed by atoms with van der Waals surface area (Å²) in [6.45, 7) is 0.595. The maximum Gasteiger partial charge on any atom is 0.137 e. The monoisotopic (exact) mass is 329 g/mol. The first-order valence-electron chi connectivity index (χ1n) is 6.39. The van der Waals surface area contributed by atoms with E-state index in [1.54, 1.807) is 12.1 Å². The van der Waals surface area contributed by atoms with Crippen LogP contribution in [-0.2, 0) is 6.54 Å². The number of rotatable bonds is 3. The van der Waals surface area contributed by atoms with Crippen LogP contribution in [-0.4, -0.2) is 0 Å². The zero-order chi connectivity index (χ0) is 13.9. The third-order valence-electron chi connectivity index (χ3n) is 3.26. The highest BCUT2D eigenvalue weighted by Gasteiger charge is 2.02. The summed E-state index contributed by atoms with van der Waals surface area (Å²) in [6.07, 6.45) is 0. The van der Waals surface area contributed by atoms with Gasteiger partial charge in [-0.3, -0.25) is 0 Å². The summed E-state index contributed by atoms with van der Waals surface area (Å²) in [5, 5.41) is 5.74. The van der Waals surface area contributed by atoms with Gasteiger partial charge in [0.15, 0.2) is 0 Å². The van der Waals surface area contributed by atoms with Crippen LogP contribution >= 0.6 is 15.9 Å². The summed E-state index contributed by atoms with van der Waals surface area (Å²) < 4.78 is 14.0. The summed E-state index contributed by atoms with van der Waals surface area (Å²) in [6, 6.07) is 19.5. The summed E-state index contributed by atoms with van der Waals surface area (Å²) >= 11 is 3.16. The lowest BCUT2D eigenvalue weighted by molar-refractivity contribution is 0.619. The van der Waals surface area contributed by atoms with Crippen LogP contribution < -0.4 is 5.32 Å². The third-order valence-corrected chi connectivity index (χ3v) is 3.90. The van der Waals surface area contributed by atoms with Crippen molar-refractivity contribution < 1.29 is 4.39 Å². The van der Waals surface area contributed by atoms with Crippen molar-refractivity contribution in [3.8, 4) is 0 Å². The Bertz CT molecular complexity index is 750. The number of benzene rings is 3. The van der Waals surface area contributed by atoms with Gasteiger partial charge in [0.05, 0.1) is 4.47 Å². The lowest BCUT2D eigenvalue weighted by Crippen LogP contribution is -2.00. The fraction of sp³-hybridized carbons (Fsp3) is 0.0588. The minimum Gasteiger partial charge on any atom is -0.380 e. The first kappa shape index (κ1) is 13.1. The molecule has 0 aliphatic heterocycles. The third kappa shape index (κ3) is 2.68. The van der Waals surface area contributed by atoms with Gasteiger partial charge in [0, 0.05) is 17.6 Å². The second kappa shape index (κ2) is 5.63. The average Bonchev–Trinajstić information content (AvgIpc) is 2.48. The molecule has 0 aromatic heterocycles. The molecule has 3 rings (SSSR count). The second-order valence-corrected chi connectivity index (χ2v) is 5.48. The molecule has 0 atom stereocenters. The van der Waals surface area contributed by atoms with Gasteiger partial charge in [0.2, 0.25) is 0 Å². The van der Waals surface area contributed by atoms with Crippen LogP contribution in [0.2, 0.25) is 0 Å². The minimum atomic E-state index is -0.234. The van der Waals surface area contributed by atoms with Gasteiger partial charge in [-0.2, -0.15) is 0 Å². The van der Waals surface area contributed by atoms with Crippen LogP contribution in [0, 0.1) is 5.82 Å². The zero-order valence-electron chi connectivity index (χ0n) is 10.7. The molecule has 0 fully saturated rings. The van der Waals surface area contributed by atoms with Crippen LogP contribution in [0.3, 0.4) is 0 Å². The van der Waals surface area contributed by atoms with E-state index in [0.717, 1.165) is 11.3 Å². The number of fused-ring (bicyclic) bond motifs is 1. The first-order chi connectivity index (χ1) is 9.74. The fourth-order valence-electron chi connectivity index (χ4n) is 2.23. The van der Waals surface area contributed by atoms with Crippen molar-refractivity contribution in [3.63, 3.8) is 0 Å². The molecule has 1 nitrogen and oxygen atoms in total. The van der Waals surface area contributed by atoms with Crippen LogP contribution in [0.4, 0.5) is 10.1 Å². The maximum absolute atomic E-state index is 13.5. The van der Waals surface area contributed by atoms with Crippen molar-refractivity contribution in [2.75, 3.05) is 5.32 Å². The molecule has 0 aliphatic rings. The quantitative estimate of drug-likeness (QED) is 0.682. The summed E-state index contributed by atoms with van der Waals surface area (Å²) in [5.74, 6) is -0.234. The topological polar surface area (TPSA) is 12.0 Å². The van der Waals surface area contributed by atoms with Crippen molar-refractivity contribution in [3.05, 3.63) is 76.5 Å². The molecule has 0 amide bonds. The Morgan fingerprint density at radius 3 is 2.60 bits per heavy atom. The Hall–Kier alpha value is -1.87. The highest BCUT2D eigenvalue weighted by atomic mass is 79.9. The molecule has 0 spiro atoms. The summed E-state index contributed by atoms with van der Waals surface area (Å²) in [5.41, 5.74) is 1.98. The molecule has 100 valence electrons. The largest absolute Gasteiger partial charge is 0.380 e. The highest BCUT2D eigenvalue weighted by Crippen LogP contribution is 2.24. The molecule has 0 bridgehead atoms. The SMILES string of the molecule is Fc1cc(CNc2cccc3ccccc23)ccc1Br. The molecule has 0 aliphatic carbocycles. The molecule has 20 heavy (non-hydrogen) atoms. The van der Waals surface area contributed by atoms with E-state index in [9.17, 15) is 4.39 Å². The number of hydrogen-bond donors (Lipinski definition) is 1. The van der Waals surface area contributed by atoms with E-state index in [2.05, 4.69) is 39.4 Å². The zero-order valence-corrected chi connectivity index (χ0v) is 12.3. The Kier molecular flexibility index (Phi) is 3.70. The van der Waals surface area contributed by atoms with Gasteiger partial charge in [-0.05, 0) is 45.1 Å². The normalized spacial score (nSPS) is 10.7. The van der Waals surface area contributed by atoms with E-state index in [-0.39, 0.29) is 5.82 Å². The first-order valence-corrected chi connectivity index (χ1v) is 7.19. The molecule has 0 unspecified atom stereocenters. The van der Waals surface area contributed by atoms with Crippen LogP contribution in [0.1, 0.15) is 5.56 Å². The van der Waals surface area contributed by atoms with Crippen molar-refractivity contribution in [1.29, 1.82) is 0 Å². The van der Waals surface area contributed by atoms with Crippen molar-refractivity contribution in [2.45, 2.75) is 6.54 Å². The predicted octanol–water partition coefficient (Wildman–Crippen LogP) is 5.35. The van der Waals surface area contributed by atoms with Gasteiger partial charge in [0.25, 0.3) is 0 Å². The summed E-state index contributed by atoms with van der Waals surface area (Å²) in [7, 11) is 0. The van der Waals surface area contributed by atoms with E-state index in [1.807, 2.05) is 30.3 Å². The van der Waals surface area contributed by atoms with Gasteiger partial charge in [-0.25, -0.2) is 4.39 Å². The fourth-order valence-corrected chi connectivity index (χ4v) is 2.47. The number of halogens is 2. The van der Waals surface area contributed by atoms with Crippen molar-refractivity contribution in [1.82, 2.24) is 0 Å². The van der Waals surface area contributed by atoms with E-state index < -0.39 is 0 Å². The number of anilines is 1. The van der Waals surface area contributed by atoms with Crippen LogP contribution in [0.5, 0.6) is 0 Å². The smallest absolute Gasteiger partial charge is 0.137 e. The Morgan fingerprint density at radius 1 is 0.950 bits per heavy atom. The van der Waals surface area contributed by atoms with E-state index in [1.165, 1.54) is 10.8 Å². The highest BCUT2D eigenvalue weighted by molar-refractivity contribution is 9.10. The Morgan fingerprint density at radius 2 is 1.75 bits per heavy atom. The van der Waals surface area contributed by atoms with Crippen LogP contribution in [0.25, 0.3) is 10.8 Å². The second-order valence-electron chi connectivity index (χ2n) is 4.63.